The Morgan fingerprint density at radius 2 is 1.67 bits per heavy atom. The minimum atomic E-state index is -1.47. The third kappa shape index (κ3) is 10.9. The summed E-state index contributed by atoms with van der Waals surface area (Å²) in [6, 6.07) is 0. The Bertz CT molecular complexity index is 1590. The van der Waals surface area contributed by atoms with Crippen LogP contribution in [0.2, 0.25) is 0 Å². The lowest BCUT2D eigenvalue weighted by Crippen LogP contribution is -2.63. The fourth-order valence-corrected chi connectivity index (χ4v) is 11.3. The van der Waals surface area contributed by atoms with Crippen LogP contribution in [0.5, 0.6) is 0 Å². The third-order valence-corrected chi connectivity index (χ3v) is 15.6. The number of aliphatic hydroxyl groups excluding tert-OH is 2. The molecule has 0 radical (unpaired) electrons. The molecule has 0 aliphatic carbocycles. The van der Waals surface area contributed by atoms with Crippen molar-refractivity contribution in [3.63, 3.8) is 0 Å². The fourth-order valence-electron chi connectivity index (χ4n) is 11.3. The third-order valence-electron chi connectivity index (χ3n) is 15.6. The smallest absolute Gasteiger partial charge is 0.407 e. The van der Waals surface area contributed by atoms with Crippen molar-refractivity contribution in [1.29, 1.82) is 0 Å². The molecule has 0 unspecified atom stereocenters. The number of alkyl carbamates (subject to hydrolysis) is 1. The Morgan fingerprint density at radius 3 is 2.30 bits per heavy atom. The number of aliphatic hydroxyl groups is 3. The van der Waals surface area contributed by atoms with Gasteiger partial charge in [-0.2, -0.15) is 0 Å². The molecule has 0 aromatic rings. The zero-order valence-electron chi connectivity index (χ0n) is 39.8. The quantitative estimate of drug-likeness (QED) is 0.0630. The number of esters is 1. The SMILES string of the molecule is C=CCOC(=O)[C@H](CC)[C@H]1CC[C@H](C)[C@H]([C@@H](C)[C@H](O)[C@H](C)C(=O)[C@H](CC)[C@H]2O[C@]3(C=C[C@@H](OC(=O)NCCCO)[C@]4(CC[C@@](C)([C@H]5CC[C@](O)(CC)[C@H](C)O5)O4)O3)[C@H](C)C[C@@H]2C)O1. The van der Waals surface area contributed by atoms with Crippen molar-refractivity contribution < 1.29 is 62.9 Å². The minimum Gasteiger partial charge on any atom is -0.461 e. The van der Waals surface area contributed by atoms with Gasteiger partial charge in [0.1, 0.15) is 12.4 Å². The molecule has 0 saturated carbocycles. The van der Waals surface area contributed by atoms with Gasteiger partial charge in [0, 0.05) is 43.2 Å². The van der Waals surface area contributed by atoms with Gasteiger partial charge in [-0.1, -0.05) is 68.0 Å². The van der Waals surface area contributed by atoms with Crippen LogP contribution < -0.4 is 5.32 Å². The molecule has 4 saturated heterocycles. The van der Waals surface area contributed by atoms with Crippen LogP contribution in [0, 0.1) is 41.4 Å². The molecule has 14 heteroatoms. The summed E-state index contributed by atoms with van der Waals surface area (Å²) < 4.78 is 45.9. The molecule has 5 rings (SSSR count). The maximum Gasteiger partial charge on any atom is 0.407 e. The topological polar surface area (TPSA) is 189 Å². The number of nitrogens with one attached hydrogen (secondary N) is 1. The highest BCUT2D eigenvalue weighted by molar-refractivity contribution is 5.84. The summed E-state index contributed by atoms with van der Waals surface area (Å²) in [6.45, 7) is 23.6. The summed E-state index contributed by atoms with van der Waals surface area (Å²) >= 11 is 0. The molecule has 360 valence electrons. The summed E-state index contributed by atoms with van der Waals surface area (Å²) in [5.74, 6) is -5.52. The van der Waals surface area contributed by atoms with Crippen LogP contribution in [0.4, 0.5) is 4.79 Å². The standard InChI is InChI=1S/C49H81NO13/c1-12-27-57-44(54)35(13-2)37-18-17-29(5)42(59-37)33(9)40(52)32(8)41(53)36(14-3)43-30(6)28-31(7)48(61-43)22-20-39(60-45(55)50-25-16-26-51)49(63-48)24-23-46(11,62-49)38-19-21-47(56,15-4)34(10)58-38/h12,20,22,29-40,42-43,51-52,56H,1,13-19,21,23-28H2,2-11H3,(H,50,55)/t29-,30-,31+,32-,33-,34-,35+,36-,37+,38+,39+,40+,42+,43-,46-,47+,48-,49-/m0/s1. The van der Waals surface area contributed by atoms with E-state index >= 15 is 0 Å². The summed E-state index contributed by atoms with van der Waals surface area (Å²) in [5, 5.41) is 35.2. The minimum absolute atomic E-state index is 0.0426. The van der Waals surface area contributed by atoms with Gasteiger partial charge in [0.2, 0.25) is 5.79 Å². The average molecular weight is 892 g/mol. The number of ketones is 1. The molecule has 14 nitrogen and oxygen atoms in total. The van der Waals surface area contributed by atoms with E-state index in [1.165, 1.54) is 0 Å². The Morgan fingerprint density at radius 1 is 0.952 bits per heavy atom. The Labute approximate surface area is 376 Å². The zero-order chi connectivity index (χ0) is 46.5. The predicted molar refractivity (Wildman–Crippen MR) is 236 cm³/mol. The highest BCUT2D eigenvalue weighted by Crippen LogP contribution is 2.54. The predicted octanol–water partition coefficient (Wildman–Crippen LogP) is 6.95. The van der Waals surface area contributed by atoms with Crippen LogP contribution in [-0.4, -0.2) is 118 Å². The molecule has 2 spiro atoms. The summed E-state index contributed by atoms with van der Waals surface area (Å²) in [5.41, 5.74) is -1.79. The zero-order valence-corrected chi connectivity index (χ0v) is 39.8. The lowest BCUT2D eigenvalue weighted by molar-refractivity contribution is -0.408. The van der Waals surface area contributed by atoms with E-state index in [2.05, 4.69) is 32.7 Å². The second-order valence-electron chi connectivity index (χ2n) is 19.9. The van der Waals surface area contributed by atoms with Crippen molar-refractivity contribution in [1.82, 2.24) is 5.32 Å². The maximum atomic E-state index is 14.7. The van der Waals surface area contributed by atoms with E-state index in [0.717, 1.165) is 6.42 Å². The first kappa shape index (κ1) is 51.6. The first-order valence-corrected chi connectivity index (χ1v) is 24.1. The van der Waals surface area contributed by atoms with E-state index in [4.69, 9.17) is 33.2 Å². The van der Waals surface area contributed by atoms with Crippen LogP contribution >= 0.6 is 0 Å². The highest BCUT2D eigenvalue weighted by Gasteiger charge is 2.64. The first-order chi connectivity index (χ1) is 29.8. The van der Waals surface area contributed by atoms with Crippen molar-refractivity contribution in [3.8, 4) is 0 Å². The van der Waals surface area contributed by atoms with Gasteiger partial charge in [-0.3, -0.25) is 9.59 Å². The molecule has 4 fully saturated rings. The molecule has 1 amide bonds. The maximum absolute atomic E-state index is 14.7. The van der Waals surface area contributed by atoms with Crippen LogP contribution in [0.15, 0.2) is 24.8 Å². The molecule has 18 atom stereocenters. The van der Waals surface area contributed by atoms with Gasteiger partial charge in [-0.05, 0) is 102 Å². The van der Waals surface area contributed by atoms with E-state index < -0.39 is 77.0 Å². The molecule has 4 N–H and O–H groups in total. The number of rotatable bonds is 18. The number of hydrogen-bond acceptors (Lipinski definition) is 13. The van der Waals surface area contributed by atoms with Crippen molar-refractivity contribution in [2.75, 3.05) is 19.8 Å². The van der Waals surface area contributed by atoms with Crippen LogP contribution in [0.25, 0.3) is 0 Å². The number of carbonyl (C=O) groups excluding carboxylic acids is 3. The monoisotopic (exact) mass is 892 g/mol. The molecule has 0 bridgehead atoms. The Balaban J connectivity index is 1.37. The van der Waals surface area contributed by atoms with Crippen molar-refractivity contribution in [3.05, 3.63) is 24.8 Å². The van der Waals surface area contributed by atoms with Crippen LogP contribution in [-0.2, 0) is 42.7 Å². The van der Waals surface area contributed by atoms with E-state index in [1.54, 1.807) is 25.2 Å². The van der Waals surface area contributed by atoms with Gasteiger partial charge in [-0.25, -0.2) is 4.79 Å². The second-order valence-corrected chi connectivity index (χ2v) is 19.9. The van der Waals surface area contributed by atoms with Gasteiger partial charge in [0.05, 0.1) is 53.7 Å². The first-order valence-electron chi connectivity index (χ1n) is 24.1. The van der Waals surface area contributed by atoms with Crippen molar-refractivity contribution in [2.45, 2.75) is 205 Å². The lowest BCUT2D eigenvalue weighted by atomic mass is 9.72. The van der Waals surface area contributed by atoms with E-state index in [-0.39, 0.29) is 67.6 Å². The van der Waals surface area contributed by atoms with Gasteiger partial charge >= 0.3 is 12.1 Å². The Hall–Kier alpha value is -2.43. The van der Waals surface area contributed by atoms with Gasteiger partial charge in [0.15, 0.2) is 11.9 Å². The average Bonchev–Trinajstić information content (AvgIpc) is 3.60. The molecule has 0 aromatic heterocycles. The molecule has 5 aliphatic rings. The van der Waals surface area contributed by atoms with Crippen LogP contribution in [0.3, 0.4) is 0 Å². The lowest BCUT2D eigenvalue weighted by Gasteiger charge is -2.54. The normalized spacial score (nSPS) is 40.4. The van der Waals surface area contributed by atoms with Gasteiger partial charge in [0.25, 0.3) is 0 Å². The highest BCUT2D eigenvalue weighted by atomic mass is 16.8. The number of carbonyl (C=O) groups is 3. The summed E-state index contributed by atoms with van der Waals surface area (Å²) in [6.07, 6.45) is 6.54. The van der Waals surface area contributed by atoms with Crippen LogP contribution in [0.1, 0.15) is 140 Å². The number of amides is 1. The molecule has 5 heterocycles. The van der Waals surface area contributed by atoms with Crippen molar-refractivity contribution in [2.24, 2.45) is 41.4 Å². The number of ether oxygens (including phenoxy) is 7. The van der Waals surface area contributed by atoms with Gasteiger partial charge < -0.3 is 53.8 Å². The van der Waals surface area contributed by atoms with Crippen molar-refractivity contribution >= 4 is 17.8 Å². The number of Topliss-reactive ketones (excluding diaryl/α,β-unsaturated/α-hetero) is 1. The van der Waals surface area contributed by atoms with Gasteiger partial charge in [-0.15, -0.1) is 0 Å². The van der Waals surface area contributed by atoms with E-state index in [0.29, 0.717) is 64.2 Å². The fraction of sp³-hybridized carbons (Fsp3) is 0.857. The molecule has 5 aliphatic heterocycles. The van der Waals surface area contributed by atoms with E-state index in [9.17, 15) is 29.7 Å². The molecular formula is C49H81NO13. The second kappa shape index (κ2) is 21.5. The van der Waals surface area contributed by atoms with E-state index in [1.807, 2.05) is 41.5 Å². The summed E-state index contributed by atoms with van der Waals surface area (Å²) in [4.78, 5) is 40.8. The summed E-state index contributed by atoms with van der Waals surface area (Å²) in [7, 11) is 0. The molecule has 63 heavy (non-hydrogen) atoms. The molecule has 0 aromatic carbocycles. The number of hydrogen-bond donors (Lipinski definition) is 4. The Kier molecular flexibility index (Phi) is 17.6. The largest absolute Gasteiger partial charge is 0.461 e. The molecular weight excluding hydrogens is 811 g/mol.